The standard InChI is InChI=1S/2Al.2Co.2Li.2Ni.3O.2H/q2*+3;;;;;;;3*-2;;. The zero-order chi connectivity index (χ0) is 0. The molecule has 0 aromatic heterocycles. The van der Waals surface area contributed by atoms with Crippen LogP contribution >= 0.6 is 0 Å². The Hall–Kier alpha value is 4.14. The molecule has 0 aromatic carbocycles. The van der Waals surface area contributed by atoms with Crippen molar-refractivity contribution in [1.82, 2.24) is 0 Å². The quantitative estimate of drug-likeness (QED) is 0.434. The first kappa shape index (κ1) is 177. The minimum absolute atomic E-state index is 0. The van der Waals surface area contributed by atoms with E-state index in [0.29, 0.717) is 0 Å². The summed E-state index contributed by atoms with van der Waals surface area (Å²) < 4.78 is 0. The molecule has 0 fully saturated rings. The molecule has 11 heavy (non-hydrogen) atoms. The van der Waals surface area contributed by atoms with Crippen molar-refractivity contribution in [3.8, 4) is 0 Å². The molecule has 0 heterocycles. The van der Waals surface area contributed by atoms with Gasteiger partial charge in [-0.3, -0.25) is 0 Å². The Bertz CT molecular complexity index is 25.3. The Morgan fingerprint density at radius 3 is 0.455 bits per heavy atom. The Morgan fingerprint density at radius 1 is 0.455 bits per heavy atom. The zero-order valence-electron chi connectivity index (χ0n) is 3.68. The third kappa shape index (κ3) is 122. The Balaban J connectivity index is 0. The molecular formula is H2Al2Co2Li2Ni2O3. The van der Waals surface area contributed by atoms with Gasteiger partial charge in [-0.15, -0.1) is 0 Å². The molecule has 0 spiro atoms. The van der Waals surface area contributed by atoms with Gasteiger partial charge in [-0.1, -0.05) is 0 Å². The molecule has 0 saturated heterocycles. The molecule has 0 amide bonds. The van der Waals surface area contributed by atoms with Crippen LogP contribution in [0.25, 0.3) is 0 Å². The van der Waals surface area contributed by atoms with Gasteiger partial charge in [0.1, 0.15) is 0 Å². The van der Waals surface area contributed by atoms with Gasteiger partial charge in [-0.2, -0.15) is 0 Å². The predicted molar refractivity (Wildman–Crippen MR) is 27.9 cm³/mol. The molecule has 0 aliphatic heterocycles. The molecule has 0 saturated carbocycles. The topological polar surface area (TPSA) is 85.5 Å². The normalized spacial score (nSPS) is 0. The SMILES string of the molecule is [Al+3].[Al+3].[Co].[Co].[LiH].[LiH].[Ni].[Ni].[O-2].[O-2].[O-2]. The van der Waals surface area contributed by atoms with Crippen LogP contribution < -0.4 is 0 Å². The molecule has 0 aliphatic carbocycles. The minimum Gasteiger partial charge on any atom is -2.00 e. The van der Waals surface area contributed by atoms with Crippen molar-refractivity contribution in [2.45, 2.75) is 0 Å². The molecule has 0 rings (SSSR count). The van der Waals surface area contributed by atoms with Crippen molar-refractivity contribution in [3.05, 3.63) is 0 Å². The molecule has 0 bridgehead atoms. The van der Waals surface area contributed by atoms with E-state index in [1.807, 2.05) is 0 Å². The van der Waals surface area contributed by atoms with Gasteiger partial charge < -0.3 is 16.4 Å². The minimum atomic E-state index is 0. The van der Waals surface area contributed by atoms with Gasteiger partial charge in [0.05, 0.1) is 0 Å². The van der Waals surface area contributed by atoms with Crippen LogP contribution in [0.3, 0.4) is 0 Å². The molecule has 0 unspecified atom stereocenters. The van der Waals surface area contributed by atoms with E-state index >= 15 is 0 Å². The predicted octanol–water partition coefficient (Wildman–Crippen LogP) is -2.42. The molecule has 66 valence electrons. The van der Waals surface area contributed by atoms with Gasteiger partial charge in [0.15, 0.2) is 0 Å². The monoisotopic (exact) mass is 352 g/mol. The summed E-state index contributed by atoms with van der Waals surface area (Å²) >= 11 is 0. The summed E-state index contributed by atoms with van der Waals surface area (Å²) in [5.74, 6) is 0. The Kier molecular flexibility index (Phi) is 2290. The molecule has 0 atom stereocenters. The molecule has 3 nitrogen and oxygen atoms in total. The molecule has 11 heteroatoms. The van der Waals surface area contributed by atoms with Gasteiger partial charge in [-0.05, 0) is 0 Å². The number of hydrogen-bond acceptors (Lipinski definition) is 0. The van der Waals surface area contributed by atoms with E-state index in [0.717, 1.165) is 0 Å². The maximum atomic E-state index is 0. The van der Waals surface area contributed by atoms with Crippen molar-refractivity contribution >= 4 is 72.4 Å². The maximum Gasteiger partial charge on any atom is 0 e. The maximum absolute atomic E-state index is 0. The van der Waals surface area contributed by atoms with Crippen molar-refractivity contribution in [1.29, 1.82) is 0 Å². The van der Waals surface area contributed by atoms with E-state index in [4.69, 9.17) is 0 Å². The van der Waals surface area contributed by atoms with E-state index in [1.54, 1.807) is 0 Å². The zero-order valence-corrected chi connectivity index (χ0v) is 10.0. The fourth-order valence-electron chi connectivity index (χ4n) is 0. The molecule has 2 radical (unpaired) electrons. The summed E-state index contributed by atoms with van der Waals surface area (Å²) in [6.07, 6.45) is 0. The smallest absolute Gasteiger partial charge is 0 e. The number of hydrogen-bond donors (Lipinski definition) is 0. The summed E-state index contributed by atoms with van der Waals surface area (Å²) in [6, 6.07) is 0. The number of rotatable bonds is 0. The van der Waals surface area contributed by atoms with E-state index in [2.05, 4.69) is 0 Å². The van der Waals surface area contributed by atoms with Gasteiger partial charge >= 0.3 is 72.4 Å². The van der Waals surface area contributed by atoms with Crippen molar-refractivity contribution in [2.24, 2.45) is 0 Å². The van der Waals surface area contributed by atoms with Crippen LogP contribution in [0.1, 0.15) is 0 Å². The average Bonchev–Trinajstić information content (AvgIpc) is 0. The van der Waals surface area contributed by atoms with Crippen LogP contribution in [-0.2, 0) is 83.0 Å². The third-order valence-electron chi connectivity index (χ3n) is 0. The molecular weight excluding hydrogens is 351 g/mol. The summed E-state index contributed by atoms with van der Waals surface area (Å²) in [5, 5.41) is 0. The van der Waals surface area contributed by atoms with Crippen molar-refractivity contribution in [2.75, 3.05) is 0 Å². The summed E-state index contributed by atoms with van der Waals surface area (Å²) in [6.45, 7) is 0. The van der Waals surface area contributed by atoms with Crippen LogP contribution in [0.2, 0.25) is 0 Å². The summed E-state index contributed by atoms with van der Waals surface area (Å²) in [4.78, 5) is 0. The van der Waals surface area contributed by atoms with Crippen LogP contribution in [0.5, 0.6) is 0 Å². The molecule has 0 N–H and O–H groups in total. The molecule has 0 aromatic rings. The van der Waals surface area contributed by atoms with Crippen LogP contribution in [0.4, 0.5) is 0 Å². The van der Waals surface area contributed by atoms with Gasteiger partial charge in [-0.25, -0.2) is 0 Å². The van der Waals surface area contributed by atoms with E-state index in [1.165, 1.54) is 0 Å². The fraction of sp³-hybridized carbons (Fsp3) is 0. The van der Waals surface area contributed by atoms with Crippen LogP contribution in [0.15, 0.2) is 0 Å². The first-order valence-electron chi connectivity index (χ1n) is 0. The summed E-state index contributed by atoms with van der Waals surface area (Å²) in [7, 11) is 0. The first-order chi connectivity index (χ1) is 0. The van der Waals surface area contributed by atoms with Crippen molar-refractivity contribution < 1.29 is 83.0 Å². The van der Waals surface area contributed by atoms with Gasteiger partial charge in [0, 0.05) is 66.5 Å². The largest absolute Gasteiger partial charge is 2.00 e. The second-order valence-corrected chi connectivity index (χ2v) is 0. The van der Waals surface area contributed by atoms with Gasteiger partial charge in [0.2, 0.25) is 0 Å². The van der Waals surface area contributed by atoms with Gasteiger partial charge in [0.25, 0.3) is 0 Å². The Morgan fingerprint density at radius 2 is 0.455 bits per heavy atom. The summed E-state index contributed by atoms with van der Waals surface area (Å²) in [5.41, 5.74) is 0. The van der Waals surface area contributed by atoms with Crippen LogP contribution in [-0.4, -0.2) is 72.4 Å². The van der Waals surface area contributed by atoms with E-state index in [9.17, 15) is 0 Å². The average molecular weight is 353 g/mol. The second kappa shape index (κ2) is 142. The third-order valence-corrected chi connectivity index (χ3v) is 0. The fourth-order valence-corrected chi connectivity index (χ4v) is 0. The molecule has 0 aliphatic rings. The first-order valence-corrected chi connectivity index (χ1v) is 0. The van der Waals surface area contributed by atoms with Crippen LogP contribution in [0, 0.1) is 0 Å². The van der Waals surface area contributed by atoms with Crippen molar-refractivity contribution in [3.63, 3.8) is 0 Å². The Labute approximate surface area is 153 Å². The van der Waals surface area contributed by atoms with E-state index < -0.39 is 0 Å². The van der Waals surface area contributed by atoms with E-state index in [-0.39, 0.29) is 155 Å². The second-order valence-electron chi connectivity index (χ2n) is 0.